The quantitative estimate of drug-likeness (QED) is 0.174. The maximum absolute atomic E-state index is 12.6. The predicted octanol–water partition coefficient (Wildman–Crippen LogP) is 2.63. The summed E-state index contributed by atoms with van der Waals surface area (Å²) in [5, 5.41) is 20.2. The number of methoxy groups -OCH3 is 1. The monoisotopic (exact) mass is 458 g/mol. The van der Waals surface area contributed by atoms with Gasteiger partial charge >= 0.3 is 6.09 Å². The average molecular weight is 458 g/mol. The summed E-state index contributed by atoms with van der Waals surface area (Å²) in [7, 11) is 1.37. The zero-order valence-electron chi connectivity index (χ0n) is 18.2. The lowest BCUT2D eigenvalue weighted by Gasteiger charge is -2.24. The number of aliphatic hydroxyl groups is 1. The molecule has 176 valence electrons. The summed E-state index contributed by atoms with van der Waals surface area (Å²) in [4.78, 5) is 35.4. The number of carbonyl (C=O) groups is 3. The largest absolute Gasteiger partial charge is 0.491 e. The van der Waals surface area contributed by atoms with Gasteiger partial charge in [0.2, 0.25) is 0 Å². The van der Waals surface area contributed by atoms with Crippen molar-refractivity contribution in [1.82, 2.24) is 5.48 Å². The first-order valence-electron chi connectivity index (χ1n) is 9.95. The number of rotatable bonds is 11. The van der Waals surface area contributed by atoms with E-state index in [4.69, 9.17) is 24.5 Å². The number of hydrogen-bond acceptors (Lipinski definition) is 8. The van der Waals surface area contributed by atoms with Gasteiger partial charge in [0.05, 0.1) is 6.61 Å². The van der Waals surface area contributed by atoms with Crippen LogP contribution < -0.4 is 15.5 Å². The summed E-state index contributed by atoms with van der Waals surface area (Å²) in [5.41, 5.74) is 2.93. The molecule has 0 aliphatic heterocycles. The number of benzene rings is 2. The van der Waals surface area contributed by atoms with Crippen molar-refractivity contribution in [3.05, 3.63) is 71.8 Å². The van der Waals surface area contributed by atoms with Gasteiger partial charge in [0.15, 0.2) is 11.9 Å². The van der Waals surface area contributed by atoms with Gasteiger partial charge in [-0.3, -0.25) is 20.1 Å². The van der Waals surface area contributed by atoms with Crippen molar-refractivity contribution in [3.63, 3.8) is 0 Å². The van der Waals surface area contributed by atoms with Crippen LogP contribution in [-0.2, 0) is 14.3 Å². The van der Waals surface area contributed by atoms with Crippen LogP contribution in [0.4, 0.5) is 10.5 Å². The van der Waals surface area contributed by atoms with E-state index in [2.05, 4.69) is 5.32 Å². The van der Waals surface area contributed by atoms with E-state index in [1.165, 1.54) is 25.6 Å². The van der Waals surface area contributed by atoms with E-state index >= 15 is 0 Å². The SMILES string of the molecule is CO[C@@H](/C=C/C(=O)NO)[C@@H](OC(=O)Nc1ccc(C(C)=O)cc1)c1ccc(OCCO)cc1. The molecule has 0 spiro atoms. The topological polar surface area (TPSA) is 143 Å². The molecule has 2 aromatic carbocycles. The number of amides is 2. The van der Waals surface area contributed by atoms with Gasteiger partial charge in [-0.15, -0.1) is 0 Å². The van der Waals surface area contributed by atoms with E-state index in [1.807, 2.05) is 0 Å². The molecule has 0 aliphatic carbocycles. The Bertz CT molecular complexity index is 957. The van der Waals surface area contributed by atoms with Gasteiger partial charge in [-0.1, -0.05) is 12.1 Å². The molecule has 0 fully saturated rings. The maximum Gasteiger partial charge on any atom is 0.412 e. The lowest BCUT2D eigenvalue weighted by molar-refractivity contribution is -0.124. The van der Waals surface area contributed by atoms with Crippen LogP contribution in [0.1, 0.15) is 28.9 Å². The Morgan fingerprint density at radius 1 is 1.06 bits per heavy atom. The summed E-state index contributed by atoms with van der Waals surface area (Å²) in [6.07, 6.45) is -0.264. The number of ether oxygens (including phenoxy) is 3. The number of anilines is 1. The summed E-state index contributed by atoms with van der Waals surface area (Å²) < 4.78 is 16.3. The molecular weight excluding hydrogens is 432 g/mol. The standard InChI is InChI=1S/C23H26N2O8/c1-15(27)16-3-7-18(8-4-16)24-23(29)33-22(20(31-2)11-12-21(28)25-30)17-5-9-19(10-6-17)32-14-13-26/h3-12,20,22,26,30H,13-14H2,1-2H3,(H,24,29)(H,25,28)/b12-11+/t20-,22-/m0/s1. The van der Waals surface area contributed by atoms with E-state index in [1.54, 1.807) is 48.5 Å². The molecule has 0 heterocycles. The first kappa shape index (κ1) is 25.5. The van der Waals surface area contributed by atoms with Crippen LogP contribution >= 0.6 is 0 Å². The number of Topliss-reactive ketones (excluding diaryl/α,β-unsaturated/α-hetero) is 1. The average Bonchev–Trinajstić information content (AvgIpc) is 2.82. The summed E-state index contributed by atoms with van der Waals surface area (Å²) >= 11 is 0. The molecule has 0 bridgehead atoms. The molecule has 0 unspecified atom stereocenters. The van der Waals surface area contributed by atoms with E-state index in [0.29, 0.717) is 22.6 Å². The molecule has 0 saturated carbocycles. The number of carbonyl (C=O) groups excluding carboxylic acids is 3. The van der Waals surface area contributed by atoms with E-state index in [0.717, 1.165) is 6.08 Å². The fraction of sp³-hybridized carbons (Fsp3) is 0.261. The van der Waals surface area contributed by atoms with Gasteiger partial charge in [-0.05, 0) is 55.0 Å². The highest BCUT2D eigenvalue weighted by Gasteiger charge is 2.26. The molecule has 4 N–H and O–H groups in total. The maximum atomic E-state index is 12.6. The molecular formula is C23H26N2O8. The van der Waals surface area contributed by atoms with Crippen LogP contribution in [0, 0.1) is 0 Å². The summed E-state index contributed by atoms with van der Waals surface area (Å²) in [6.45, 7) is 1.44. The van der Waals surface area contributed by atoms with Gasteiger partial charge < -0.3 is 19.3 Å². The number of hydroxylamine groups is 1. The van der Waals surface area contributed by atoms with Gasteiger partial charge in [-0.25, -0.2) is 10.3 Å². The fourth-order valence-corrected chi connectivity index (χ4v) is 2.82. The van der Waals surface area contributed by atoms with Crippen LogP contribution in [0.15, 0.2) is 60.7 Å². The molecule has 2 amide bonds. The molecule has 0 aliphatic rings. The number of aliphatic hydroxyl groups excluding tert-OH is 1. The third-order valence-corrected chi connectivity index (χ3v) is 4.46. The van der Waals surface area contributed by atoms with Crippen LogP contribution in [0.2, 0.25) is 0 Å². The lowest BCUT2D eigenvalue weighted by Crippen LogP contribution is -2.27. The number of ketones is 1. The first-order valence-corrected chi connectivity index (χ1v) is 9.95. The molecule has 0 aromatic heterocycles. The zero-order chi connectivity index (χ0) is 24.2. The second-order valence-corrected chi connectivity index (χ2v) is 6.76. The highest BCUT2D eigenvalue weighted by atomic mass is 16.6. The van der Waals surface area contributed by atoms with Crippen molar-refractivity contribution in [1.29, 1.82) is 0 Å². The van der Waals surface area contributed by atoms with Crippen molar-refractivity contribution in [3.8, 4) is 5.75 Å². The van der Waals surface area contributed by atoms with E-state index in [9.17, 15) is 14.4 Å². The van der Waals surface area contributed by atoms with Crippen molar-refractivity contribution >= 4 is 23.5 Å². The Morgan fingerprint density at radius 3 is 2.27 bits per heavy atom. The molecule has 0 radical (unpaired) electrons. The Kier molecular flexibility index (Phi) is 10.0. The second-order valence-electron chi connectivity index (χ2n) is 6.76. The Hall–Kier alpha value is -3.73. The molecule has 0 saturated heterocycles. The molecule has 33 heavy (non-hydrogen) atoms. The van der Waals surface area contributed by atoms with Crippen LogP contribution in [0.5, 0.6) is 5.75 Å². The van der Waals surface area contributed by atoms with Crippen molar-refractivity contribution < 1.29 is 38.9 Å². The van der Waals surface area contributed by atoms with Crippen molar-refractivity contribution in [2.75, 3.05) is 25.6 Å². The smallest absolute Gasteiger partial charge is 0.412 e. The van der Waals surface area contributed by atoms with Crippen LogP contribution in [-0.4, -0.2) is 54.5 Å². The highest BCUT2D eigenvalue weighted by molar-refractivity contribution is 5.95. The van der Waals surface area contributed by atoms with E-state index < -0.39 is 24.2 Å². The van der Waals surface area contributed by atoms with Crippen LogP contribution in [0.25, 0.3) is 0 Å². The molecule has 2 aromatic rings. The van der Waals surface area contributed by atoms with Gasteiger partial charge in [0.1, 0.15) is 18.5 Å². The van der Waals surface area contributed by atoms with Gasteiger partial charge in [0.25, 0.3) is 5.91 Å². The minimum Gasteiger partial charge on any atom is -0.491 e. The summed E-state index contributed by atoms with van der Waals surface area (Å²) in [6, 6.07) is 12.9. The third kappa shape index (κ3) is 8.04. The third-order valence-electron chi connectivity index (χ3n) is 4.46. The lowest BCUT2D eigenvalue weighted by atomic mass is 10.0. The Labute approximate surface area is 190 Å². The van der Waals surface area contributed by atoms with Gasteiger partial charge in [-0.2, -0.15) is 0 Å². The fourth-order valence-electron chi connectivity index (χ4n) is 2.82. The summed E-state index contributed by atoms with van der Waals surface area (Å²) in [5.74, 6) is -0.374. The number of nitrogens with one attached hydrogen (secondary N) is 2. The van der Waals surface area contributed by atoms with Crippen molar-refractivity contribution in [2.45, 2.75) is 19.1 Å². The second kappa shape index (κ2) is 13.0. The molecule has 2 atom stereocenters. The van der Waals surface area contributed by atoms with Crippen LogP contribution in [0.3, 0.4) is 0 Å². The Morgan fingerprint density at radius 2 is 1.73 bits per heavy atom. The Balaban J connectivity index is 2.23. The number of hydrogen-bond donors (Lipinski definition) is 4. The highest BCUT2D eigenvalue weighted by Crippen LogP contribution is 2.27. The molecule has 10 heteroatoms. The molecule has 2 rings (SSSR count). The minimum absolute atomic E-state index is 0.0998. The van der Waals surface area contributed by atoms with Gasteiger partial charge in [0, 0.05) is 24.4 Å². The predicted molar refractivity (Wildman–Crippen MR) is 118 cm³/mol. The molecule has 10 nitrogen and oxygen atoms in total. The zero-order valence-corrected chi connectivity index (χ0v) is 18.2. The first-order chi connectivity index (χ1) is 15.9. The van der Waals surface area contributed by atoms with Crippen molar-refractivity contribution in [2.24, 2.45) is 0 Å². The normalized spacial score (nSPS) is 12.6. The van der Waals surface area contributed by atoms with E-state index in [-0.39, 0.29) is 19.0 Å². The minimum atomic E-state index is -0.971.